The SMILES string of the molecule is Cc1nc(N2CCN(C(=O)Nc3ccc4c(c3)OCCO4)CC2)cc(-n2cccn2)n1. The van der Waals surface area contributed by atoms with Gasteiger partial charge in [0.1, 0.15) is 24.9 Å². The Morgan fingerprint density at radius 2 is 1.77 bits per heavy atom. The maximum Gasteiger partial charge on any atom is 0.321 e. The summed E-state index contributed by atoms with van der Waals surface area (Å²) < 4.78 is 12.8. The van der Waals surface area contributed by atoms with Crippen LogP contribution in [0.25, 0.3) is 5.82 Å². The molecule has 0 atom stereocenters. The number of carbonyl (C=O) groups is 1. The normalized spacial score (nSPS) is 15.6. The molecule has 1 saturated heterocycles. The number of hydrogen-bond donors (Lipinski definition) is 1. The number of rotatable bonds is 3. The monoisotopic (exact) mass is 421 g/mol. The maximum absolute atomic E-state index is 12.7. The average Bonchev–Trinajstić information content (AvgIpc) is 3.34. The Morgan fingerprint density at radius 3 is 2.55 bits per heavy atom. The van der Waals surface area contributed by atoms with Gasteiger partial charge in [-0.2, -0.15) is 5.10 Å². The molecule has 2 aliphatic heterocycles. The van der Waals surface area contributed by atoms with E-state index in [9.17, 15) is 4.79 Å². The molecule has 0 bridgehead atoms. The highest BCUT2D eigenvalue weighted by Crippen LogP contribution is 2.32. The fourth-order valence-corrected chi connectivity index (χ4v) is 3.68. The zero-order valence-corrected chi connectivity index (χ0v) is 17.2. The maximum atomic E-state index is 12.7. The minimum Gasteiger partial charge on any atom is -0.486 e. The van der Waals surface area contributed by atoms with Crippen LogP contribution in [-0.2, 0) is 0 Å². The minimum atomic E-state index is -0.132. The van der Waals surface area contributed by atoms with Crippen LogP contribution in [0.5, 0.6) is 11.5 Å². The molecule has 1 aromatic carbocycles. The molecule has 10 heteroatoms. The molecule has 2 amide bonds. The summed E-state index contributed by atoms with van der Waals surface area (Å²) in [6, 6.07) is 9.08. The molecule has 0 spiro atoms. The van der Waals surface area contributed by atoms with Crippen molar-refractivity contribution in [1.82, 2.24) is 24.6 Å². The Bertz CT molecular complexity index is 1080. The zero-order valence-electron chi connectivity index (χ0n) is 17.2. The molecule has 160 valence electrons. The summed E-state index contributed by atoms with van der Waals surface area (Å²) in [7, 11) is 0. The van der Waals surface area contributed by atoms with Gasteiger partial charge in [0.2, 0.25) is 0 Å². The number of nitrogens with zero attached hydrogens (tertiary/aromatic N) is 6. The van der Waals surface area contributed by atoms with Gasteiger partial charge < -0.3 is 24.6 Å². The quantitative estimate of drug-likeness (QED) is 0.692. The highest BCUT2D eigenvalue weighted by Gasteiger charge is 2.23. The molecule has 0 unspecified atom stereocenters. The predicted octanol–water partition coefficient (Wildman–Crippen LogP) is 2.10. The summed E-state index contributed by atoms with van der Waals surface area (Å²) in [4.78, 5) is 25.7. The third-order valence-corrected chi connectivity index (χ3v) is 5.23. The molecule has 0 aliphatic carbocycles. The molecule has 4 heterocycles. The lowest BCUT2D eigenvalue weighted by Gasteiger charge is -2.35. The van der Waals surface area contributed by atoms with Crippen LogP contribution >= 0.6 is 0 Å². The van der Waals surface area contributed by atoms with Gasteiger partial charge >= 0.3 is 6.03 Å². The Morgan fingerprint density at radius 1 is 1.00 bits per heavy atom. The van der Waals surface area contributed by atoms with E-state index in [1.165, 1.54) is 0 Å². The number of fused-ring (bicyclic) bond motifs is 1. The second-order valence-corrected chi connectivity index (χ2v) is 7.34. The molecule has 0 saturated carbocycles. The molecule has 10 nitrogen and oxygen atoms in total. The minimum absolute atomic E-state index is 0.132. The summed E-state index contributed by atoms with van der Waals surface area (Å²) in [5, 5.41) is 7.19. The molecule has 2 aliphatic rings. The Balaban J connectivity index is 1.22. The number of amides is 2. The molecule has 31 heavy (non-hydrogen) atoms. The van der Waals surface area contributed by atoms with Gasteiger partial charge in [0.05, 0.1) is 0 Å². The first-order valence-electron chi connectivity index (χ1n) is 10.2. The van der Waals surface area contributed by atoms with Crippen molar-refractivity contribution in [3.8, 4) is 17.3 Å². The van der Waals surface area contributed by atoms with E-state index in [0.29, 0.717) is 62.4 Å². The lowest BCUT2D eigenvalue weighted by molar-refractivity contribution is 0.171. The lowest BCUT2D eigenvalue weighted by atomic mass is 10.2. The van der Waals surface area contributed by atoms with Crippen LogP contribution in [-0.4, -0.2) is 70.1 Å². The van der Waals surface area contributed by atoms with E-state index in [1.54, 1.807) is 21.8 Å². The molecule has 2 aromatic heterocycles. The lowest BCUT2D eigenvalue weighted by Crippen LogP contribution is -2.50. The van der Waals surface area contributed by atoms with Gasteiger partial charge in [-0.25, -0.2) is 19.4 Å². The number of nitrogens with one attached hydrogen (secondary N) is 1. The fraction of sp³-hybridized carbons (Fsp3) is 0.333. The predicted molar refractivity (Wildman–Crippen MR) is 114 cm³/mol. The summed E-state index contributed by atoms with van der Waals surface area (Å²) in [6.07, 6.45) is 3.57. The molecular formula is C21H23N7O3. The van der Waals surface area contributed by atoms with E-state index in [4.69, 9.17) is 9.47 Å². The van der Waals surface area contributed by atoms with Crippen molar-refractivity contribution in [3.63, 3.8) is 0 Å². The molecule has 5 rings (SSSR count). The Hall–Kier alpha value is -3.82. The van der Waals surface area contributed by atoms with Crippen molar-refractivity contribution in [3.05, 3.63) is 48.5 Å². The second-order valence-electron chi connectivity index (χ2n) is 7.34. The third kappa shape index (κ3) is 4.09. The van der Waals surface area contributed by atoms with Crippen molar-refractivity contribution in [1.29, 1.82) is 0 Å². The number of carbonyl (C=O) groups excluding carboxylic acids is 1. The topological polar surface area (TPSA) is 97.6 Å². The molecular weight excluding hydrogens is 398 g/mol. The van der Waals surface area contributed by atoms with Gasteiger partial charge in [-0.15, -0.1) is 0 Å². The number of ether oxygens (including phenoxy) is 2. The summed E-state index contributed by atoms with van der Waals surface area (Å²) >= 11 is 0. The number of aromatic nitrogens is 4. The van der Waals surface area contributed by atoms with Gasteiger partial charge in [0, 0.05) is 56.4 Å². The number of urea groups is 1. The van der Waals surface area contributed by atoms with Crippen molar-refractivity contribution in [2.24, 2.45) is 0 Å². The van der Waals surface area contributed by atoms with Gasteiger partial charge in [0.15, 0.2) is 17.3 Å². The molecule has 3 aromatic rings. The molecule has 0 radical (unpaired) electrons. The van der Waals surface area contributed by atoms with Gasteiger partial charge in [0.25, 0.3) is 0 Å². The Kier molecular flexibility index (Phi) is 5.03. The van der Waals surface area contributed by atoms with Crippen molar-refractivity contribution in [2.45, 2.75) is 6.92 Å². The van der Waals surface area contributed by atoms with Crippen molar-refractivity contribution >= 4 is 17.5 Å². The zero-order chi connectivity index (χ0) is 21.2. The Labute approximate surface area is 179 Å². The summed E-state index contributed by atoms with van der Waals surface area (Å²) in [5.41, 5.74) is 0.687. The van der Waals surface area contributed by atoms with Crippen molar-refractivity contribution < 1.29 is 14.3 Å². The molecule has 1 fully saturated rings. The van der Waals surface area contributed by atoms with Crippen LogP contribution < -0.4 is 19.7 Å². The first-order valence-corrected chi connectivity index (χ1v) is 10.2. The fourth-order valence-electron chi connectivity index (χ4n) is 3.68. The number of hydrogen-bond acceptors (Lipinski definition) is 7. The van der Waals surface area contributed by atoms with Crippen LogP contribution in [0.1, 0.15) is 5.82 Å². The number of anilines is 2. The van der Waals surface area contributed by atoms with Crippen LogP contribution in [0.4, 0.5) is 16.3 Å². The van der Waals surface area contributed by atoms with Gasteiger partial charge in [-0.05, 0) is 25.1 Å². The van der Waals surface area contributed by atoms with E-state index < -0.39 is 0 Å². The first-order chi connectivity index (χ1) is 15.2. The van der Waals surface area contributed by atoms with Crippen LogP contribution in [0.3, 0.4) is 0 Å². The second kappa shape index (κ2) is 8.13. The standard InChI is InChI=1S/C21H23N7O3/c1-15-23-19(14-20(24-15)28-6-2-5-22-28)26-7-9-27(10-8-26)21(29)25-16-3-4-17-18(13-16)31-12-11-30-17/h2-6,13-14H,7-12H2,1H3,(H,25,29). The van der Waals surface area contributed by atoms with Gasteiger partial charge in [-0.3, -0.25) is 0 Å². The number of aryl methyl sites for hydroxylation is 1. The summed E-state index contributed by atoms with van der Waals surface area (Å²) in [5.74, 6) is 3.60. The van der Waals surface area contributed by atoms with E-state index in [0.717, 1.165) is 11.6 Å². The van der Waals surface area contributed by atoms with Crippen LogP contribution in [0, 0.1) is 6.92 Å². The van der Waals surface area contributed by atoms with E-state index in [2.05, 4.69) is 25.3 Å². The highest BCUT2D eigenvalue weighted by atomic mass is 16.6. The van der Waals surface area contributed by atoms with E-state index >= 15 is 0 Å². The highest BCUT2D eigenvalue weighted by molar-refractivity contribution is 5.90. The van der Waals surface area contributed by atoms with Crippen LogP contribution in [0.15, 0.2) is 42.7 Å². The third-order valence-electron chi connectivity index (χ3n) is 5.23. The van der Waals surface area contributed by atoms with Gasteiger partial charge in [-0.1, -0.05) is 0 Å². The number of benzene rings is 1. The van der Waals surface area contributed by atoms with Crippen LogP contribution in [0.2, 0.25) is 0 Å². The average molecular weight is 421 g/mol. The smallest absolute Gasteiger partial charge is 0.321 e. The van der Waals surface area contributed by atoms with E-state index in [1.807, 2.05) is 37.4 Å². The first kappa shape index (κ1) is 19.2. The summed E-state index contributed by atoms with van der Waals surface area (Å²) in [6.45, 7) is 5.48. The van der Waals surface area contributed by atoms with Crippen molar-refractivity contribution in [2.75, 3.05) is 49.6 Å². The molecule has 1 N–H and O–H groups in total. The van der Waals surface area contributed by atoms with E-state index in [-0.39, 0.29) is 6.03 Å². The number of piperazine rings is 1. The largest absolute Gasteiger partial charge is 0.486 e.